The Balaban J connectivity index is 2.60. The summed E-state index contributed by atoms with van der Waals surface area (Å²) in [4.78, 5) is 16.7. The molecule has 0 amide bonds. The molecule has 4 heteroatoms. The fourth-order valence-corrected chi connectivity index (χ4v) is 1.17. The third-order valence-electron chi connectivity index (χ3n) is 1.71. The van der Waals surface area contributed by atoms with Crippen LogP contribution in [-0.2, 0) is 0 Å². The van der Waals surface area contributed by atoms with Crippen molar-refractivity contribution in [1.29, 1.82) is 0 Å². The van der Waals surface area contributed by atoms with Crippen LogP contribution in [0.4, 0.5) is 5.82 Å². The Bertz CT molecular complexity index is 473. The van der Waals surface area contributed by atoms with Gasteiger partial charge in [0.15, 0.2) is 5.82 Å². The fraction of sp³-hybridized carbons (Fsp3) is 0.333. The second kappa shape index (κ2) is 3.05. The van der Waals surface area contributed by atoms with Gasteiger partial charge in [-0.2, -0.15) is 0 Å². The highest BCUT2D eigenvalue weighted by Gasteiger charge is 2.04. The average Bonchev–Trinajstić information content (AvgIpc) is 2.44. The smallest absolute Gasteiger partial charge is 0.183 e. The molecule has 4 nitrogen and oxygen atoms in total. The van der Waals surface area contributed by atoms with E-state index in [-0.39, 0.29) is 0 Å². The summed E-state index contributed by atoms with van der Waals surface area (Å²) in [6.45, 7) is 3.90. The minimum atomic E-state index is 0.687. The van der Waals surface area contributed by atoms with E-state index in [2.05, 4.69) is 26.9 Å². The molecule has 1 aliphatic rings. The molecule has 0 aromatic carbocycles. The first-order chi connectivity index (χ1) is 6.29. The summed E-state index contributed by atoms with van der Waals surface area (Å²) in [5.74, 6) is 1.44. The largest absolute Gasteiger partial charge is 0.235 e. The van der Waals surface area contributed by atoms with Crippen LogP contribution in [-0.4, -0.2) is 15.8 Å². The van der Waals surface area contributed by atoms with Gasteiger partial charge >= 0.3 is 0 Å². The second-order valence-electron chi connectivity index (χ2n) is 2.82. The first kappa shape index (κ1) is 8.04. The Hall–Kier alpha value is -1.58. The molecule has 0 N–H and O–H groups in total. The number of amidine groups is 1. The highest BCUT2D eigenvalue weighted by atomic mass is 15.1. The van der Waals surface area contributed by atoms with E-state index < -0.39 is 0 Å². The van der Waals surface area contributed by atoms with E-state index in [1.807, 2.05) is 13.0 Å². The molecule has 0 radical (unpaired) electrons. The minimum Gasteiger partial charge on any atom is -0.235 e. The monoisotopic (exact) mass is 174 g/mol. The molecule has 66 valence electrons. The van der Waals surface area contributed by atoms with Crippen molar-refractivity contribution in [2.75, 3.05) is 0 Å². The number of fused-ring (bicyclic) bond motifs is 1. The van der Waals surface area contributed by atoms with Gasteiger partial charge in [0.2, 0.25) is 0 Å². The van der Waals surface area contributed by atoms with E-state index in [0.29, 0.717) is 5.82 Å². The van der Waals surface area contributed by atoms with Crippen molar-refractivity contribution in [1.82, 2.24) is 9.97 Å². The van der Waals surface area contributed by atoms with Gasteiger partial charge in [-0.3, -0.25) is 0 Å². The summed E-state index contributed by atoms with van der Waals surface area (Å²) < 4.78 is 0. The molecule has 1 aromatic heterocycles. The summed E-state index contributed by atoms with van der Waals surface area (Å²) in [7, 11) is 0. The molecule has 0 bridgehead atoms. The molecular weight excluding hydrogens is 164 g/mol. The zero-order valence-electron chi connectivity index (χ0n) is 7.65. The van der Waals surface area contributed by atoms with E-state index in [9.17, 15) is 0 Å². The van der Waals surface area contributed by atoms with Crippen LogP contribution >= 0.6 is 0 Å². The third-order valence-corrected chi connectivity index (χ3v) is 1.71. The molecule has 2 rings (SSSR count). The summed E-state index contributed by atoms with van der Waals surface area (Å²) in [5.41, 5.74) is 0.731. The summed E-state index contributed by atoms with van der Waals surface area (Å²) >= 11 is 0. The summed E-state index contributed by atoms with van der Waals surface area (Å²) in [5, 5.41) is 0.769. The van der Waals surface area contributed by atoms with Crippen molar-refractivity contribution in [2.24, 2.45) is 9.98 Å². The van der Waals surface area contributed by atoms with Crippen molar-refractivity contribution in [3.05, 3.63) is 17.0 Å². The lowest BCUT2D eigenvalue weighted by molar-refractivity contribution is 1.04. The lowest BCUT2D eigenvalue weighted by Crippen LogP contribution is -2.17. The van der Waals surface area contributed by atoms with Crippen LogP contribution in [0.15, 0.2) is 16.2 Å². The summed E-state index contributed by atoms with van der Waals surface area (Å²) in [6.07, 6.45) is 4.60. The van der Waals surface area contributed by atoms with E-state index in [1.54, 1.807) is 6.20 Å². The standard InChI is InChI=1S/C9H10N4/c1-3-4-8-10-5-7-9(13-8)12-6(2)11-7/h4-5H,3H2,1-2H3. The van der Waals surface area contributed by atoms with Crippen LogP contribution in [0.1, 0.15) is 20.3 Å². The maximum Gasteiger partial charge on any atom is 0.183 e. The summed E-state index contributed by atoms with van der Waals surface area (Å²) in [6, 6.07) is 0. The number of rotatable bonds is 1. The molecular formula is C9H10N4. The number of nitrogens with zero attached hydrogens (tertiary/aromatic N) is 4. The van der Waals surface area contributed by atoms with Crippen molar-refractivity contribution < 1.29 is 0 Å². The molecule has 0 saturated carbocycles. The Morgan fingerprint density at radius 1 is 1.38 bits per heavy atom. The van der Waals surface area contributed by atoms with Gasteiger partial charge < -0.3 is 0 Å². The van der Waals surface area contributed by atoms with E-state index >= 15 is 0 Å². The van der Waals surface area contributed by atoms with E-state index in [1.165, 1.54) is 0 Å². The van der Waals surface area contributed by atoms with Crippen LogP contribution in [0.2, 0.25) is 0 Å². The fourth-order valence-electron chi connectivity index (χ4n) is 1.17. The predicted molar refractivity (Wildman–Crippen MR) is 50.3 cm³/mol. The van der Waals surface area contributed by atoms with E-state index in [0.717, 1.165) is 23.1 Å². The minimum absolute atomic E-state index is 0.687. The van der Waals surface area contributed by atoms with Gasteiger partial charge in [0, 0.05) is 0 Å². The highest BCUT2D eigenvalue weighted by Crippen LogP contribution is 2.02. The van der Waals surface area contributed by atoms with Crippen LogP contribution in [0.5, 0.6) is 0 Å². The number of hydrogen-bond donors (Lipinski definition) is 0. The Morgan fingerprint density at radius 3 is 3.00 bits per heavy atom. The Labute approximate surface area is 75.8 Å². The van der Waals surface area contributed by atoms with Gasteiger partial charge in [-0.15, -0.1) is 0 Å². The molecule has 0 fully saturated rings. The van der Waals surface area contributed by atoms with E-state index in [4.69, 9.17) is 0 Å². The molecule has 0 unspecified atom stereocenters. The van der Waals surface area contributed by atoms with Crippen molar-refractivity contribution in [3.63, 3.8) is 0 Å². The first-order valence-electron chi connectivity index (χ1n) is 4.27. The van der Waals surface area contributed by atoms with Crippen LogP contribution in [0.3, 0.4) is 0 Å². The Morgan fingerprint density at radius 2 is 2.23 bits per heavy atom. The van der Waals surface area contributed by atoms with Crippen LogP contribution in [0, 0.1) is 0 Å². The maximum atomic E-state index is 4.25. The van der Waals surface area contributed by atoms with Crippen molar-refractivity contribution >= 4 is 17.7 Å². The number of hydrogen-bond acceptors (Lipinski definition) is 4. The zero-order chi connectivity index (χ0) is 9.26. The van der Waals surface area contributed by atoms with Crippen LogP contribution < -0.4 is 10.8 Å². The molecule has 1 aliphatic heterocycles. The zero-order valence-corrected chi connectivity index (χ0v) is 7.65. The number of aliphatic imine (C=N–C) groups is 1. The predicted octanol–water partition coefficient (Wildman–Crippen LogP) is 0.350. The lowest BCUT2D eigenvalue weighted by atomic mass is 10.4. The quantitative estimate of drug-likeness (QED) is 0.616. The lowest BCUT2D eigenvalue weighted by Gasteiger charge is -1.87. The van der Waals surface area contributed by atoms with Gasteiger partial charge in [-0.25, -0.2) is 20.0 Å². The molecule has 13 heavy (non-hydrogen) atoms. The molecule has 0 atom stereocenters. The molecule has 0 spiro atoms. The van der Waals surface area contributed by atoms with Crippen molar-refractivity contribution in [3.8, 4) is 0 Å². The topological polar surface area (TPSA) is 50.5 Å². The molecule has 2 heterocycles. The van der Waals surface area contributed by atoms with Gasteiger partial charge in [-0.05, 0) is 19.4 Å². The molecule has 0 saturated heterocycles. The maximum absolute atomic E-state index is 4.25. The van der Waals surface area contributed by atoms with Gasteiger partial charge in [0.1, 0.15) is 16.7 Å². The van der Waals surface area contributed by atoms with Crippen molar-refractivity contribution in [2.45, 2.75) is 20.3 Å². The second-order valence-corrected chi connectivity index (χ2v) is 2.82. The average molecular weight is 174 g/mol. The SMILES string of the molecule is CCC=c1ncc2c(n1)N=C(C)N=2. The third kappa shape index (κ3) is 1.47. The molecule has 1 aromatic rings. The highest BCUT2D eigenvalue weighted by molar-refractivity contribution is 5.85. The molecule has 0 aliphatic carbocycles. The number of aromatic nitrogens is 2. The normalized spacial score (nSPS) is 15.2. The van der Waals surface area contributed by atoms with Gasteiger partial charge in [0.05, 0.1) is 6.20 Å². The van der Waals surface area contributed by atoms with Gasteiger partial charge in [0.25, 0.3) is 0 Å². The van der Waals surface area contributed by atoms with Crippen LogP contribution in [0.25, 0.3) is 6.08 Å². The van der Waals surface area contributed by atoms with Gasteiger partial charge in [-0.1, -0.05) is 6.92 Å². The first-order valence-corrected chi connectivity index (χ1v) is 4.27. The Kier molecular flexibility index (Phi) is 1.88.